The molecule has 0 saturated carbocycles. The highest BCUT2D eigenvalue weighted by atomic mass is 35.5. The van der Waals surface area contributed by atoms with Crippen molar-refractivity contribution in [2.24, 2.45) is 0 Å². The van der Waals surface area contributed by atoms with Gasteiger partial charge in [0, 0.05) is 5.69 Å². The Morgan fingerprint density at radius 3 is 2.72 bits per heavy atom. The Labute approximate surface area is 116 Å². The molecular formula is C14H13Cl2NO. The summed E-state index contributed by atoms with van der Waals surface area (Å²) < 4.78 is 5.37. The Morgan fingerprint density at radius 2 is 1.94 bits per heavy atom. The number of halogens is 2. The smallest absolute Gasteiger partial charge is 0.129 e. The van der Waals surface area contributed by atoms with Crippen molar-refractivity contribution < 1.29 is 4.74 Å². The zero-order valence-electron chi connectivity index (χ0n) is 10.1. The van der Waals surface area contributed by atoms with Crippen LogP contribution < -0.4 is 4.74 Å². The molecule has 0 amide bonds. The molecule has 3 rings (SSSR count). The number of ether oxygens (including phenoxy) is 1. The fraction of sp³-hybridized carbons (Fsp3) is 0.357. The summed E-state index contributed by atoms with van der Waals surface area (Å²) in [4.78, 5) is 4.69. The Hall–Kier alpha value is -0.990. The lowest BCUT2D eigenvalue weighted by Gasteiger charge is -2.19. The minimum Gasteiger partial charge on any atom is -0.496 e. The van der Waals surface area contributed by atoms with E-state index in [0.29, 0.717) is 5.02 Å². The van der Waals surface area contributed by atoms with E-state index >= 15 is 0 Å². The lowest BCUT2D eigenvalue weighted by molar-refractivity contribution is 0.419. The van der Waals surface area contributed by atoms with Gasteiger partial charge in [-0.15, -0.1) is 0 Å². The first-order valence-corrected chi connectivity index (χ1v) is 6.81. The van der Waals surface area contributed by atoms with E-state index in [2.05, 4.69) is 4.98 Å². The molecular weight excluding hydrogens is 269 g/mol. The minimum absolute atomic E-state index is 0.626. The van der Waals surface area contributed by atoms with Crippen molar-refractivity contribution in [2.75, 3.05) is 7.11 Å². The van der Waals surface area contributed by atoms with E-state index in [1.54, 1.807) is 13.2 Å². The van der Waals surface area contributed by atoms with Crippen LogP contribution >= 0.6 is 23.2 Å². The number of fused-ring (bicyclic) bond motifs is 2. The number of aromatic nitrogens is 1. The standard InChI is InChI=1S/C14H13Cl2NO/c1-18-11-7-6-9(15)14-12(11)13(16)8-4-2-3-5-10(8)17-14/h6-7H,2-5H2,1H3. The zero-order valence-corrected chi connectivity index (χ0v) is 11.6. The topological polar surface area (TPSA) is 22.1 Å². The molecule has 0 bridgehead atoms. The third-order valence-corrected chi connectivity index (χ3v) is 4.20. The van der Waals surface area contributed by atoms with Gasteiger partial charge in [-0.2, -0.15) is 0 Å². The highest BCUT2D eigenvalue weighted by Crippen LogP contribution is 2.40. The van der Waals surface area contributed by atoms with Crippen LogP contribution in [0.4, 0.5) is 0 Å². The Kier molecular flexibility index (Phi) is 3.08. The number of nitrogens with zero attached hydrogens (tertiary/aromatic N) is 1. The molecule has 94 valence electrons. The third kappa shape index (κ3) is 1.75. The Bertz CT molecular complexity index is 625. The summed E-state index contributed by atoms with van der Waals surface area (Å²) >= 11 is 12.8. The average Bonchev–Trinajstić information content (AvgIpc) is 2.40. The van der Waals surface area contributed by atoms with Crippen molar-refractivity contribution >= 4 is 34.1 Å². The molecule has 2 aromatic rings. The van der Waals surface area contributed by atoms with Crippen molar-refractivity contribution in [1.29, 1.82) is 0 Å². The molecule has 1 aromatic carbocycles. The second kappa shape index (κ2) is 4.60. The number of pyridine rings is 1. The van der Waals surface area contributed by atoms with Gasteiger partial charge in [0.15, 0.2) is 0 Å². The van der Waals surface area contributed by atoms with E-state index < -0.39 is 0 Å². The lowest BCUT2D eigenvalue weighted by atomic mass is 9.94. The van der Waals surface area contributed by atoms with Gasteiger partial charge in [-0.25, -0.2) is 0 Å². The first-order valence-electron chi connectivity index (χ1n) is 6.06. The summed E-state index contributed by atoms with van der Waals surface area (Å²) in [5.74, 6) is 0.736. The van der Waals surface area contributed by atoms with E-state index in [9.17, 15) is 0 Å². The third-order valence-electron chi connectivity index (χ3n) is 3.48. The van der Waals surface area contributed by atoms with Crippen LogP contribution in [0.2, 0.25) is 10.0 Å². The van der Waals surface area contributed by atoms with Gasteiger partial charge >= 0.3 is 0 Å². The molecule has 2 nitrogen and oxygen atoms in total. The maximum absolute atomic E-state index is 6.54. The van der Waals surface area contributed by atoms with Crippen LogP contribution in [0.1, 0.15) is 24.1 Å². The Balaban J connectivity index is 2.41. The molecule has 0 radical (unpaired) electrons. The second-order valence-electron chi connectivity index (χ2n) is 4.53. The van der Waals surface area contributed by atoms with Crippen LogP contribution in [-0.4, -0.2) is 12.1 Å². The predicted octanol–water partition coefficient (Wildman–Crippen LogP) is 4.43. The molecule has 4 heteroatoms. The van der Waals surface area contributed by atoms with Crippen molar-refractivity contribution in [3.05, 3.63) is 33.4 Å². The molecule has 0 unspecified atom stereocenters. The molecule has 0 fully saturated rings. The van der Waals surface area contributed by atoms with Crippen LogP contribution in [0.15, 0.2) is 12.1 Å². The fourth-order valence-electron chi connectivity index (χ4n) is 2.57. The normalized spacial score (nSPS) is 14.6. The number of benzene rings is 1. The molecule has 0 aliphatic heterocycles. The van der Waals surface area contributed by atoms with Crippen LogP contribution in [0.5, 0.6) is 5.75 Å². The first kappa shape index (κ1) is 12.1. The summed E-state index contributed by atoms with van der Waals surface area (Å²) in [6, 6.07) is 3.65. The average molecular weight is 282 g/mol. The maximum atomic E-state index is 6.54. The zero-order chi connectivity index (χ0) is 12.7. The summed E-state index contributed by atoms with van der Waals surface area (Å²) in [7, 11) is 1.64. The SMILES string of the molecule is COc1ccc(Cl)c2nc3c(c(Cl)c12)CCCC3. The molecule has 1 aliphatic carbocycles. The van der Waals surface area contributed by atoms with E-state index in [-0.39, 0.29) is 0 Å². The largest absolute Gasteiger partial charge is 0.496 e. The van der Waals surface area contributed by atoms with Gasteiger partial charge in [0.2, 0.25) is 0 Å². The molecule has 0 N–H and O–H groups in total. The number of methoxy groups -OCH3 is 1. The van der Waals surface area contributed by atoms with Crippen molar-refractivity contribution in [1.82, 2.24) is 4.98 Å². The first-order chi connectivity index (χ1) is 8.72. The molecule has 0 spiro atoms. The molecule has 1 aromatic heterocycles. The number of hydrogen-bond donors (Lipinski definition) is 0. The second-order valence-corrected chi connectivity index (χ2v) is 5.32. The van der Waals surface area contributed by atoms with Crippen LogP contribution in [0.3, 0.4) is 0 Å². The molecule has 0 saturated heterocycles. The van der Waals surface area contributed by atoms with E-state index in [4.69, 9.17) is 27.9 Å². The highest BCUT2D eigenvalue weighted by Gasteiger charge is 2.20. The number of hydrogen-bond acceptors (Lipinski definition) is 2. The van der Waals surface area contributed by atoms with Gasteiger partial charge < -0.3 is 4.74 Å². The molecule has 18 heavy (non-hydrogen) atoms. The molecule has 1 heterocycles. The molecule has 1 aliphatic rings. The van der Waals surface area contributed by atoms with Crippen LogP contribution in [0.25, 0.3) is 10.9 Å². The van der Waals surface area contributed by atoms with Gasteiger partial charge in [-0.3, -0.25) is 4.98 Å². The lowest BCUT2D eigenvalue weighted by Crippen LogP contribution is -2.07. The van der Waals surface area contributed by atoms with Gasteiger partial charge in [0.1, 0.15) is 5.75 Å². The van der Waals surface area contributed by atoms with Crippen molar-refractivity contribution in [3.63, 3.8) is 0 Å². The quantitative estimate of drug-likeness (QED) is 0.772. The van der Waals surface area contributed by atoms with Crippen molar-refractivity contribution in [2.45, 2.75) is 25.7 Å². The number of rotatable bonds is 1. The number of aryl methyl sites for hydroxylation is 1. The summed E-state index contributed by atoms with van der Waals surface area (Å²) in [6.45, 7) is 0. The maximum Gasteiger partial charge on any atom is 0.129 e. The fourth-order valence-corrected chi connectivity index (χ4v) is 3.16. The Morgan fingerprint density at radius 1 is 1.17 bits per heavy atom. The minimum atomic E-state index is 0.626. The van der Waals surface area contributed by atoms with Gasteiger partial charge in [0.25, 0.3) is 0 Å². The summed E-state index contributed by atoms with van der Waals surface area (Å²) in [5, 5.41) is 2.22. The van der Waals surface area contributed by atoms with E-state index in [1.165, 1.54) is 12.8 Å². The van der Waals surface area contributed by atoms with E-state index in [1.807, 2.05) is 6.07 Å². The van der Waals surface area contributed by atoms with Gasteiger partial charge in [-0.1, -0.05) is 23.2 Å². The highest BCUT2D eigenvalue weighted by molar-refractivity contribution is 6.40. The van der Waals surface area contributed by atoms with Crippen LogP contribution in [-0.2, 0) is 12.8 Å². The monoisotopic (exact) mass is 281 g/mol. The van der Waals surface area contributed by atoms with Gasteiger partial charge in [-0.05, 0) is 43.4 Å². The van der Waals surface area contributed by atoms with Crippen molar-refractivity contribution in [3.8, 4) is 5.75 Å². The van der Waals surface area contributed by atoms with Crippen LogP contribution in [0, 0.1) is 0 Å². The predicted molar refractivity (Wildman–Crippen MR) is 75.0 cm³/mol. The van der Waals surface area contributed by atoms with Gasteiger partial charge in [0.05, 0.1) is 28.1 Å². The summed E-state index contributed by atoms with van der Waals surface area (Å²) in [6.07, 6.45) is 4.32. The molecule has 0 atom stereocenters. The van der Waals surface area contributed by atoms with E-state index in [0.717, 1.165) is 45.8 Å². The summed E-state index contributed by atoms with van der Waals surface area (Å²) in [5.41, 5.74) is 3.01.